The van der Waals surface area contributed by atoms with Gasteiger partial charge in [-0.25, -0.2) is 4.98 Å². The number of aromatic nitrogens is 2. The minimum atomic E-state index is 0.0936. The van der Waals surface area contributed by atoms with Gasteiger partial charge in [0, 0.05) is 28.6 Å². The average molecular weight is 299 g/mol. The SMILES string of the molecule is O=C(C[n+]1cc2ccccc2c2ncccc21)c1ccccc1. The van der Waals surface area contributed by atoms with Crippen molar-refractivity contribution in [3.05, 3.63) is 84.7 Å². The number of hydrogen-bond donors (Lipinski definition) is 0. The van der Waals surface area contributed by atoms with E-state index in [1.165, 1.54) is 0 Å². The van der Waals surface area contributed by atoms with Crippen LogP contribution in [0.15, 0.2) is 79.1 Å². The lowest BCUT2D eigenvalue weighted by molar-refractivity contribution is -0.655. The number of carbonyl (C=O) groups is 1. The average Bonchev–Trinajstić information content (AvgIpc) is 2.62. The van der Waals surface area contributed by atoms with E-state index in [1.807, 2.05) is 71.4 Å². The molecule has 0 atom stereocenters. The summed E-state index contributed by atoms with van der Waals surface area (Å²) < 4.78 is 1.99. The van der Waals surface area contributed by atoms with E-state index >= 15 is 0 Å². The number of pyridine rings is 2. The van der Waals surface area contributed by atoms with Crippen molar-refractivity contribution in [1.82, 2.24) is 4.98 Å². The fourth-order valence-corrected chi connectivity index (χ4v) is 2.90. The third-order valence-corrected chi connectivity index (χ3v) is 4.02. The summed E-state index contributed by atoms with van der Waals surface area (Å²) in [5.74, 6) is 0.0936. The maximum absolute atomic E-state index is 12.6. The molecule has 0 aliphatic carbocycles. The molecule has 0 aliphatic heterocycles. The van der Waals surface area contributed by atoms with Crippen LogP contribution >= 0.6 is 0 Å². The number of nitrogens with zero attached hydrogens (tertiary/aromatic N) is 2. The topological polar surface area (TPSA) is 33.8 Å². The number of fused-ring (bicyclic) bond motifs is 3. The van der Waals surface area contributed by atoms with Gasteiger partial charge in [0.2, 0.25) is 17.8 Å². The van der Waals surface area contributed by atoms with Crippen LogP contribution in [0.4, 0.5) is 0 Å². The molecule has 2 aromatic heterocycles. The quantitative estimate of drug-likeness (QED) is 0.329. The van der Waals surface area contributed by atoms with Gasteiger partial charge < -0.3 is 0 Å². The first kappa shape index (κ1) is 13.6. The summed E-state index contributed by atoms with van der Waals surface area (Å²) in [6.45, 7) is 0.303. The maximum atomic E-state index is 12.6. The van der Waals surface area contributed by atoms with E-state index in [4.69, 9.17) is 0 Å². The summed E-state index contributed by atoms with van der Waals surface area (Å²) >= 11 is 0. The van der Waals surface area contributed by atoms with Gasteiger partial charge in [-0.2, -0.15) is 4.57 Å². The van der Waals surface area contributed by atoms with Gasteiger partial charge in [-0.15, -0.1) is 0 Å². The molecular formula is C20H15N2O+. The zero-order chi connectivity index (χ0) is 15.6. The van der Waals surface area contributed by atoms with E-state index in [2.05, 4.69) is 11.1 Å². The van der Waals surface area contributed by atoms with Gasteiger partial charge in [0.05, 0.1) is 0 Å². The molecule has 3 heteroatoms. The predicted octanol–water partition coefficient (Wildman–Crippen LogP) is 3.56. The van der Waals surface area contributed by atoms with Crippen LogP contribution in [0.1, 0.15) is 10.4 Å². The Kier molecular flexibility index (Phi) is 3.31. The highest BCUT2D eigenvalue weighted by molar-refractivity contribution is 6.01. The molecule has 4 rings (SSSR count). The first-order valence-corrected chi connectivity index (χ1v) is 7.57. The number of ketones is 1. The normalized spacial score (nSPS) is 11.0. The molecule has 0 N–H and O–H groups in total. The minimum Gasteiger partial charge on any atom is -0.287 e. The molecule has 3 nitrogen and oxygen atoms in total. The Morgan fingerprint density at radius 1 is 0.913 bits per heavy atom. The van der Waals surface area contributed by atoms with Crippen LogP contribution in [-0.2, 0) is 6.54 Å². The number of rotatable bonds is 3. The van der Waals surface area contributed by atoms with Crippen LogP contribution in [0.3, 0.4) is 0 Å². The first-order valence-electron chi connectivity index (χ1n) is 7.57. The Morgan fingerprint density at radius 2 is 1.70 bits per heavy atom. The molecule has 0 aliphatic rings. The van der Waals surface area contributed by atoms with E-state index < -0.39 is 0 Å². The number of carbonyl (C=O) groups excluding carboxylic acids is 1. The van der Waals surface area contributed by atoms with Crippen LogP contribution in [0.5, 0.6) is 0 Å². The Balaban J connectivity index is 1.87. The third kappa shape index (κ3) is 2.46. The van der Waals surface area contributed by atoms with E-state index in [0.29, 0.717) is 6.54 Å². The van der Waals surface area contributed by atoms with Crippen molar-refractivity contribution in [2.24, 2.45) is 0 Å². The summed E-state index contributed by atoms with van der Waals surface area (Å²) in [4.78, 5) is 17.1. The molecule has 0 unspecified atom stereocenters. The zero-order valence-electron chi connectivity index (χ0n) is 12.5. The lowest BCUT2D eigenvalue weighted by Crippen LogP contribution is -2.38. The Labute approximate surface area is 133 Å². The smallest absolute Gasteiger partial charge is 0.232 e. The highest BCUT2D eigenvalue weighted by Gasteiger charge is 2.18. The maximum Gasteiger partial charge on any atom is 0.232 e. The van der Waals surface area contributed by atoms with Crippen molar-refractivity contribution < 1.29 is 9.36 Å². The summed E-state index contributed by atoms with van der Waals surface area (Å²) in [7, 11) is 0. The molecule has 110 valence electrons. The molecule has 0 saturated heterocycles. The van der Waals surface area contributed by atoms with Crippen LogP contribution in [-0.4, -0.2) is 10.8 Å². The summed E-state index contributed by atoms with van der Waals surface area (Å²) in [5, 5.41) is 2.19. The van der Waals surface area contributed by atoms with Gasteiger partial charge in [0.25, 0.3) is 0 Å². The second-order valence-electron chi connectivity index (χ2n) is 5.50. The van der Waals surface area contributed by atoms with Gasteiger partial charge in [-0.1, -0.05) is 48.5 Å². The number of hydrogen-bond acceptors (Lipinski definition) is 2. The molecule has 4 aromatic rings. The molecule has 2 heterocycles. The lowest BCUT2D eigenvalue weighted by Gasteiger charge is -2.04. The van der Waals surface area contributed by atoms with Crippen molar-refractivity contribution >= 4 is 27.6 Å². The fraction of sp³-hybridized carbons (Fsp3) is 0.0500. The third-order valence-electron chi connectivity index (χ3n) is 4.02. The van der Waals surface area contributed by atoms with Gasteiger partial charge in [0.1, 0.15) is 5.52 Å². The molecule has 23 heavy (non-hydrogen) atoms. The second-order valence-corrected chi connectivity index (χ2v) is 5.50. The highest BCUT2D eigenvalue weighted by Crippen LogP contribution is 2.20. The molecule has 2 aromatic carbocycles. The van der Waals surface area contributed by atoms with Gasteiger partial charge >= 0.3 is 0 Å². The summed E-state index contributed by atoms with van der Waals surface area (Å²) in [6.07, 6.45) is 3.82. The van der Waals surface area contributed by atoms with Crippen molar-refractivity contribution in [2.75, 3.05) is 0 Å². The lowest BCUT2D eigenvalue weighted by atomic mass is 10.1. The summed E-state index contributed by atoms with van der Waals surface area (Å²) in [5.41, 5.74) is 2.62. The molecule has 0 radical (unpaired) electrons. The number of Topliss-reactive ketones (excluding diaryl/α,β-unsaturated/α-hetero) is 1. The molecule has 0 spiro atoms. The zero-order valence-corrected chi connectivity index (χ0v) is 12.5. The second kappa shape index (κ2) is 5.61. The van der Waals surface area contributed by atoms with Gasteiger partial charge in [-0.05, 0) is 12.1 Å². The van der Waals surface area contributed by atoms with E-state index in [0.717, 1.165) is 27.4 Å². The van der Waals surface area contributed by atoms with Crippen LogP contribution in [0, 0.1) is 0 Å². The van der Waals surface area contributed by atoms with Crippen LogP contribution < -0.4 is 4.57 Å². The largest absolute Gasteiger partial charge is 0.287 e. The molecular weight excluding hydrogens is 284 g/mol. The van der Waals surface area contributed by atoms with Crippen molar-refractivity contribution in [3.8, 4) is 0 Å². The van der Waals surface area contributed by atoms with E-state index in [1.54, 1.807) is 6.20 Å². The Bertz CT molecular complexity index is 1010. The van der Waals surface area contributed by atoms with Crippen LogP contribution in [0.25, 0.3) is 21.8 Å². The van der Waals surface area contributed by atoms with Crippen LogP contribution in [0.2, 0.25) is 0 Å². The molecule has 0 amide bonds. The molecule has 0 saturated carbocycles. The van der Waals surface area contributed by atoms with E-state index in [-0.39, 0.29) is 5.78 Å². The van der Waals surface area contributed by atoms with Crippen molar-refractivity contribution in [3.63, 3.8) is 0 Å². The van der Waals surface area contributed by atoms with Crippen molar-refractivity contribution in [1.29, 1.82) is 0 Å². The van der Waals surface area contributed by atoms with Gasteiger partial charge in [-0.3, -0.25) is 4.79 Å². The highest BCUT2D eigenvalue weighted by atomic mass is 16.1. The van der Waals surface area contributed by atoms with Gasteiger partial charge in [0.15, 0.2) is 6.20 Å². The molecule has 0 fully saturated rings. The van der Waals surface area contributed by atoms with Crippen molar-refractivity contribution in [2.45, 2.75) is 6.54 Å². The Hall–Kier alpha value is -3.07. The first-order chi connectivity index (χ1) is 11.3. The molecule has 0 bridgehead atoms. The summed E-state index contributed by atoms with van der Waals surface area (Å²) in [6, 6.07) is 21.4. The fourth-order valence-electron chi connectivity index (χ4n) is 2.90. The minimum absolute atomic E-state index is 0.0936. The predicted molar refractivity (Wildman–Crippen MR) is 90.2 cm³/mol. The number of benzene rings is 2. The Morgan fingerprint density at radius 3 is 2.57 bits per heavy atom. The van der Waals surface area contributed by atoms with E-state index in [9.17, 15) is 4.79 Å². The monoisotopic (exact) mass is 299 g/mol. The standard InChI is InChI=1S/C20H15N2O/c23-19(15-7-2-1-3-8-15)14-22-13-16-9-4-5-10-17(16)20-18(22)11-6-12-21-20/h1-13H,14H2/q+1.